The van der Waals surface area contributed by atoms with E-state index >= 15 is 0 Å². The van der Waals surface area contributed by atoms with Crippen molar-refractivity contribution in [3.05, 3.63) is 35.2 Å². The van der Waals surface area contributed by atoms with Gasteiger partial charge in [-0.15, -0.1) is 0 Å². The molecule has 152 valence electrons. The number of nitrogens with zero attached hydrogens (tertiary/aromatic N) is 2. The van der Waals surface area contributed by atoms with Gasteiger partial charge in [-0.05, 0) is 50.3 Å². The minimum atomic E-state index is -0.783. The second kappa shape index (κ2) is 8.83. The molecule has 0 bridgehead atoms. The predicted octanol–water partition coefficient (Wildman–Crippen LogP) is 4.09. The van der Waals surface area contributed by atoms with Crippen LogP contribution in [-0.4, -0.2) is 48.3 Å². The molecule has 1 saturated carbocycles. The zero-order valence-corrected chi connectivity index (χ0v) is 16.8. The molecule has 2 aliphatic rings. The summed E-state index contributed by atoms with van der Waals surface area (Å²) >= 11 is 0. The molecule has 0 aromatic heterocycles. The Kier molecular flexibility index (Phi) is 6.46. The molecule has 0 amide bonds. The zero-order chi connectivity index (χ0) is 20.1. The third kappa shape index (κ3) is 4.10. The summed E-state index contributed by atoms with van der Waals surface area (Å²) in [4.78, 5) is 17.5. The lowest BCUT2D eigenvalue weighted by Crippen LogP contribution is -2.48. The van der Waals surface area contributed by atoms with E-state index in [0.29, 0.717) is 43.9 Å². The lowest BCUT2D eigenvalue weighted by Gasteiger charge is -2.37. The molecule has 3 rings (SSSR count). The first-order valence-corrected chi connectivity index (χ1v) is 10.2. The Morgan fingerprint density at radius 3 is 2.54 bits per heavy atom. The van der Waals surface area contributed by atoms with Crippen LogP contribution in [0.25, 0.3) is 4.85 Å². The van der Waals surface area contributed by atoms with Gasteiger partial charge in [0.25, 0.3) is 5.54 Å². The molecule has 1 aliphatic heterocycles. The highest BCUT2D eigenvalue weighted by Crippen LogP contribution is 2.42. The van der Waals surface area contributed by atoms with Crippen molar-refractivity contribution in [3.8, 4) is 11.5 Å². The van der Waals surface area contributed by atoms with E-state index in [-0.39, 0.29) is 6.10 Å². The molecule has 6 nitrogen and oxygen atoms in total. The number of carbonyl (C=O) groups is 1. The highest BCUT2D eigenvalue weighted by atomic mass is 16.5. The minimum absolute atomic E-state index is 0.218. The molecule has 2 fully saturated rings. The Morgan fingerprint density at radius 2 is 2.00 bits per heavy atom. The first kappa shape index (κ1) is 20.5. The molecule has 1 aliphatic carbocycles. The number of benzene rings is 1. The van der Waals surface area contributed by atoms with Crippen LogP contribution in [0.5, 0.6) is 11.5 Å². The zero-order valence-electron chi connectivity index (χ0n) is 16.8. The fourth-order valence-corrected chi connectivity index (χ4v) is 4.50. The number of rotatable bonds is 7. The van der Waals surface area contributed by atoms with Crippen molar-refractivity contribution in [2.24, 2.45) is 0 Å². The summed E-state index contributed by atoms with van der Waals surface area (Å²) < 4.78 is 11.7. The van der Waals surface area contributed by atoms with Crippen molar-refractivity contribution in [2.75, 3.05) is 20.2 Å². The maximum atomic E-state index is 11.5. The number of carboxylic acid groups (broad SMARTS) is 1. The number of methoxy groups -OCH3 is 1. The largest absolute Gasteiger partial charge is 0.493 e. The predicted molar refractivity (Wildman–Crippen MR) is 107 cm³/mol. The lowest BCUT2D eigenvalue weighted by molar-refractivity contribution is -0.144. The molecule has 1 N–H and O–H groups in total. The highest BCUT2D eigenvalue weighted by Gasteiger charge is 2.44. The van der Waals surface area contributed by atoms with E-state index in [9.17, 15) is 9.90 Å². The third-order valence-corrected chi connectivity index (χ3v) is 6.25. The van der Waals surface area contributed by atoms with Crippen LogP contribution in [0.1, 0.15) is 57.4 Å². The van der Waals surface area contributed by atoms with E-state index in [1.807, 2.05) is 30.0 Å². The Balaban J connectivity index is 1.80. The number of aliphatic carboxylic acids is 1. The molecule has 0 spiro atoms. The molecule has 1 atom stereocenters. The third-order valence-electron chi connectivity index (χ3n) is 6.25. The first-order valence-electron chi connectivity index (χ1n) is 10.2. The van der Waals surface area contributed by atoms with Crippen LogP contribution < -0.4 is 9.47 Å². The second-order valence-corrected chi connectivity index (χ2v) is 7.83. The van der Waals surface area contributed by atoms with Crippen molar-refractivity contribution in [1.82, 2.24) is 4.90 Å². The first-order chi connectivity index (χ1) is 13.5. The van der Waals surface area contributed by atoms with Crippen LogP contribution in [0.4, 0.5) is 0 Å². The molecule has 6 heteroatoms. The minimum Gasteiger partial charge on any atom is -0.493 e. The molecular weight excluding hydrogens is 356 g/mol. The molecule has 0 radical (unpaired) electrons. The van der Waals surface area contributed by atoms with E-state index < -0.39 is 17.6 Å². The number of piperidine rings is 1. The standard InChI is InChI=1S/C22H30N2O4/c1-4-18(21(25)26)24-13-11-22(23-2,12-14-24)16-9-10-19(27-3)20(15-16)28-17-7-5-6-8-17/h9-10,15,17-18H,4-8,11-14H2,1,3H3,(H,25,26). The average molecular weight is 386 g/mol. The number of likely N-dealkylation sites (tertiary alicyclic amines) is 1. The number of hydrogen-bond donors (Lipinski definition) is 1. The Bertz CT molecular complexity index is 729. The van der Waals surface area contributed by atoms with Crippen LogP contribution in [0.2, 0.25) is 0 Å². The van der Waals surface area contributed by atoms with Gasteiger partial charge in [0.15, 0.2) is 11.5 Å². The van der Waals surface area contributed by atoms with Crippen molar-refractivity contribution < 1.29 is 19.4 Å². The van der Waals surface area contributed by atoms with Gasteiger partial charge in [-0.3, -0.25) is 9.69 Å². The summed E-state index contributed by atoms with van der Waals surface area (Å²) in [5.41, 5.74) is 0.312. The van der Waals surface area contributed by atoms with Gasteiger partial charge in [0.1, 0.15) is 6.04 Å². The van der Waals surface area contributed by atoms with E-state index in [0.717, 1.165) is 18.4 Å². The number of ether oxygens (including phenoxy) is 2. The molecule has 28 heavy (non-hydrogen) atoms. The summed E-state index contributed by atoms with van der Waals surface area (Å²) in [6.45, 7) is 11.0. The SMILES string of the molecule is [C-]#[N+]C1(c2ccc(OC)c(OC3CCCC3)c2)CCN(C(CC)C(=O)O)CC1. The quantitative estimate of drug-likeness (QED) is 0.715. The monoisotopic (exact) mass is 386 g/mol. The molecule has 1 heterocycles. The number of carboxylic acids is 1. The van der Waals surface area contributed by atoms with Crippen LogP contribution in [0.3, 0.4) is 0 Å². The molecule has 1 saturated heterocycles. The van der Waals surface area contributed by atoms with Gasteiger partial charge in [-0.2, -0.15) is 0 Å². The maximum Gasteiger partial charge on any atom is 0.320 e. The number of hydrogen-bond acceptors (Lipinski definition) is 4. The summed E-state index contributed by atoms with van der Waals surface area (Å²) in [6.07, 6.45) is 6.53. The average Bonchev–Trinajstić information content (AvgIpc) is 3.22. The van der Waals surface area contributed by atoms with Gasteiger partial charge in [0, 0.05) is 31.5 Å². The van der Waals surface area contributed by atoms with Crippen LogP contribution in [-0.2, 0) is 10.3 Å². The highest BCUT2D eigenvalue weighted by molar-refractivity contribution is 5.73. The second-order valence-electron chi connectivity index (χ2n) is 7.83. The Morgan fingerprint density at radius 1 is 1.32 bits per heavy atom. The van der Waals surface area contributed by atoms with Crippen molar-refractivity contribution in [2.45, 2.75) is 69.6 Å². The van der Waals surface area contributed by atoms with E-state index in [1.54, 1.807) is 7.11 Å². The fourth-order valence-electron chi connectivity index (χ4n) is 4.50. The van der Waals surface area contributed by atoms with Crippen molar-refractivity contribution >= 4 is 5.97 Å². The topological polar surface area (TPSA) is 63.4 Å². The van der Waals surface area contributed by atoms with Crippen LogP contribution in [0.15, 0.2) is 18.2 Å². The van der Waals surface area contributed by atoms with Crippen LogP contribution in [0, 0.1) is 6.57 Å². The summed E-state index contributed by atoms with van der Waals surface area (Å²) in [5.74, 6) is 0.633. The van der Waals surface area contributed by atoms with E-state index in [2.05, 4.69) is 4.85 Å². The van der Waals surface area contributed by atoms with Gasteiger partial charge >= 0.3 is 5.97 Å². The summed E-state index contributed by atoms with van der Waals surface area (Å²) in [6, 6.07) is 5.35. The molecular formula is C22H30N2O4. The van der Waals surface area contributed by atoms with Crippen molar-refractivity contribution in [1.29, 1.82) is 0 Å². The smallest absolute Gasteiger partial charge is 0.320 e. The fraction of sp³-hybridized carbons (Fsp3) is 0.636. The van der Waals surface area contributed by atoms with Gasteiger partial charge in [0.2, 0.25) is 0 Å². The summed E-state index contributed by atoms with van der Waals surface area (Å²) in [5, 5.41) is 9.43. The van der Waals surface area contributed by atoms with Crippen molar-refractivity contribution in [3.63, 3.8) is 0 Å². The van der Waals surface area contributed by atoms with Gasteiger partial charge in [0.05, 0.1) is 13.2 Å². The van der Waals surface area contributed by atoms with Gasteiger partial charge in [-0.1, -0.05) is 6.92 Å². The maximum absolute atomic E-state index is 11.5. The van der Waals surface area contributed by atoms with E-state index in [4.69, 9.17) is 16.0 Å². The normalized spacial score (nSPS) is 21.0. The molecule has 1 unspecified atom stereocenters. The van der Waals surface area contributed by atoms with Gasteiger partial charge < -0.3 is 19.4 Å². The molecule has 1 aromatic carbocycles. The molecule has 1 aromatic rings. The van der Waals surface area contributed by atoms with Crippen LogP contribution >= 0.6 is 0 Å². The Hall–Kier alpha value is -2.26. The summed E-state index contributed by atoms with van der Waals surface area (Å²) in [7, 11) is 1.64. The van der Waals surface area contributed by atoms with E-state index in [1.165, 1.54) is 12.8 Å². The van der Waals surface area contributed by atoms with Gasteiger partial charge in [-0.25, -0.2) is 6.57 Å². The lowest BCUT2D eigenvalue weighted by atomic mass is 9.81. The Labute approximate surface area is 167 Å².